The van der Waals surface area contributed by atoms with Crippen molar-refractivity contribution in [1.29, 1.82) is 0 Å². The summed E-state index contributed by atoms with van der Waals surface area (Å²) in [5, 5.41) is 9.62. The number of carbonyl (C=O) groups excluding carboxylic acids is 2. The van der Waals surface area contributed by atoms with Gasteiger partial charge in [0, 0.05) is 41.8 Å². The zero-order valence-electron chi connectivity index (χ0n) is 37.0. The Bertz CT molecular complexity index is 3460. The van der Waals surface area contributed by atoms with Crippen LogP contribution in [0.5, 0.6) is 11.5 Å². The molecule has 7 aromatic carbocycles. The number of fused-ring (bicyclic) bond motifs is 5. The quantitative estimate of drug-likeness (QED) is 0.115. The standard InChI is InChI=1S/C47H40N2O6S.C9H8N2/c1-54-42-25-22-34(27-43(42)55-2)56(52,53)44-13-7-12-38-37(44)23-24-39-36-10-4-3-8-32(36)26-41(45(38)39)46(50)31-18-20-33(21-19-31)49-47(51)40-11-6-5-9-35(40)30-16-14-29(28-48)15-17-30;1-2-5-9-8(4-1)10-6-3-7-11-9/h3-6,8-11,14-27,41H,7,12-13,28,48H2,1-2H3,(H,49,51);1-7,10H. The molecule has 10 rings (SSSR count). The first-order chi connectivity index (χ1) is 32.7. The van der Waals surface area contributed by atoms with Gasteiger partial charge in [-0.25, -0.2) is 8.42 Å². The van der Waals surface area contributed by atoms with Gasteiger partial charge in [0.1, 0.15) is 0 Å². The first-order valence-electron chi connectivity index (χ1n) is 22.0. The molecule has 11 heteroatoms. The third-order valence-electron chi connectivity index (χ3n) is 12.3. The van der Waals surface area contributed by atoms with Gasteiger partial charge in [-0.05, 0) is 129 Å². The van der Waals surface area contributed by atoms with Gasteiger partial charge in [0.05, 0.1) is 41.3 Å². The predicted octanol–water partition coefficient (Wildman–Crippen LogP) is 9.38. The van der Waals surface area contributed by atoms with Crippen LogP contribution in [-0.4, -0.2) is 40.5 Å². The number of carbonyl (C=O) groups is 2. The molecule has 1 heterocycles. The van der Waals surface area contributed by atoms with Gasteiger partial charge in [-0.3, -0.25) is 14.6 Å². The number of ether oxygens (including phenoxy) is 2. The fraction of sp³-hybridized carbons (Fsp3) is 0.125. The summed E-state index contributed by atoms with van der Waals surface area (Å²) in [5.41, 5.74) is 13.8. The largest absolute Gasteiger partial charge is 0.493 e. The Morgan fingerprint density at radius 1 is 0.761 bits per heavy atom. The van der Waals surface area contributed by atoms with Gasteiger partial charge >= 0.3 is 0 Å². The Kier molecular flexibility index (Phi) is 12.8. The molecule has 0 saturated carbocycles. The van der Waals surface area contributed by atoms with Gasteiger partial charge < -0.3 is 25.8 Å². The molecule has 0 saturated heterocycles. The number of nitrogens with zero attached hydrogens (tertiary/aromatic N) is 1. The number of amides is 1. The molecule has 0 spiro atoms. The van der Waals surface area contributed by atoms with E-state index < -0.39 is 15.8 Å². The molecule has 0 aromatic heterocycles. The summed E-state index contributed by atoms with van der Waals surface area (Å²) in [4.78, 5) is 32.9. The Labute approximate surface area is 389 Å². The lowest BCUT2D eigenvalue weighted by Gasteiger charge is -2.25. The molecule has 4 N–H and O–H groups in total. The molecule has 0 fully saturated rings. The summed E-state index contributed by atoms with van der Waals surface area (Å²) >= 11 is 0. The maximum absolute atomic E-state index is 14.6. The number of hydrogen-bond acceptors (Lipinski definition) is 9. The van der Waals surface area contributed by atoms with E-state index in [4.69, 9.17) is 15.2 Å². The van der Waals surface area contributed by atoms with Crippen LogP contribution < -0.4 is 36.3 Å². The molecule has 0 radical (unpaired) electrons. The molecule has 2 aliphatic carbocycles. The zero-order chi connectivity index (χ0) is 46.5. The van der Waals surface area contributed by atoms with Crippen molar-refractivity contribution in [3.63, 3.8) is 0 Å². The van der Waals surface area contributed by atoms with Crippen molar-refractivity contribution in [2.75, 3.05) is 24.9 Å². The van der Waals surface area contributed by atoms with Gasteiger partial charge in [0.2, 0.25) is 9.84 Å². The Morgan fingerprint density at radius 3 is 2.28 bits per heavy atom. The van der Waals surface area contributed by atoms with Gasteiger partial charge in [-0.2, -0.15) is 0 Å². The van der Waals surface area contributed by atoms with Crippen LogP contribution in [0.25, 0.3) is 22.1 Å². The number of aliphatic imine (C=N–C) groups is 1. The van der Waals surface area contributed by atoms with Crippen molar-refractivity contribution >= 4 is 55.8 Å². The number of hydrogen-bond donors (Lipinski definition) is 3. The maximum Gasteiger partial charge on any atom is 0.256 e. The van der Waals surface area contributed by atoms with Crippen LogP contribution in [0.4, 0.5) is 17.1 Å². The summed E-state index contributed by atoms with van der Waals surface area (Å²) in [7, 11) is -0.938. The smallest absolute Gasteiger partial charge is 0.256 e. The molecule has 67 heavy (non-hydrogen) atoms. The maximum atomic E-state index is 14.6. The highest BCUT2D eigenvalue weighted by Gasteiger charge is 2.31. The molecule has 1 amide bonds. The van der Waals surface area contributed by atoms with Gasteiger partial charge in [-0.1, -0.05) is 97.1 Å². The lowest BCUT2D eigenvalue weighted by Crippen LogP contribution is -2.29. The molecule has 1 atom stereocenters. The molecule has 10 nitrogen and oxygen atoms in total. The van der Waals surface area contributed by atoms with E-state index in [0.29, 0.717) is 64.2 Å². The number of nitrogens with two attached hydrogens (primary N) is 1. The summed E-state index contributed by atoms with van der Waals surface area (Å²) in [6, 6.07) is 46.6. The average molecular weight is 905 g/mol. The molecule has 7 aromatic rings. The van der Waals surface area contributed by atoms with Crippen LogP contribution in [0, 0.1) is 10.4 Å². The Balaban J connectivity index is 0.000000446. The van der Waals surface area contributed by atoms with Crippen molar-refractivity contribution in [2.24, 2.45) is 10.7 Å². The lowest BCUT2D eigenvalue weighted by atomic mass is 9.79. The number of anilines is 2. The number of benzene rings is 7. The minimum atomic E-state index is -3.92. The van der Waals surface area contributed by atoms with Crippen molar-refractivity contribution in [1.82, 2.24) is 0 Å². The Morgan fingerprint density at radius 2 is 1.49 bits per heavy atom. The summed E-state index contributed by atoms with van der Waals surface area (Å²) < 4.78 is 39.4. The number of ketones is 1. The van der Waals surface area contributed by atoms with Crippen LogP contribution in [0.2, 0.25) is 0 Å². The van der Waals surface area contributed by atoms with E-state index in [0.717, 1.165) is 54.8 Å². The summed E-state index contributed by atoms with van der Waals surface area (Å²) in [6.45, 7) is 0.438. The third-order valence-corrected chi connectivity index (χ3v) is 14.3. The van der Waals surface area contributed by atoms with Crippen molar-refractivity contribution in [2.45, 2.75) is 36.6 Å². The summed E-state index contributed by atoms with van der Waals surface area (Å²) in [5.74, 6) is -0.271. The van der Waals surface area contributed by atoms with E-state index in [2.05, 4.69) is 15.6 Å². The minimum Gasteiger partial charge on any atom is -0.493 e. The molecule has 3 aliphatic rings. The number of allylic oxidation sites excluding steroid dienone is 1. The van der Waals surface area contributed by atoms with E-state index in [1.54, 1.807) is 48.7 Å². The number of Topliss-reactive ketones (excluding diaryl/α,β-unsaturated/α-hetero) is 1. The first-order valence-corrected chi connectivity index (χ1v) is 23.5. The minimum absolute atomic E-state index is 0.117. The number of para-hydroxylation sites is 2. The highest BCUT2D eigenvalue weighted by atomic mass is 32.2. The van der Waals surface area contributed by atoms with Gasteiger partial charge in [0.15, 0.2) is 17.3 Å². The SMILES string of the molecule is C1=CNc2ccccc2N=C1.COc1ccc(S(=O)(=O)C2=c3ccc4c(c3CCC2)C(C(=O)c2ccc(NC(=O)c3ccccc3-c3ccc(CN)cc3)cc2)C=c2ccccc2=4)cc1OC. The molecule has 1 aliphatic heterocycles. The Hall–Kier alpha value is -7.86. The van der Waals surface area contributed by atoms with Crippen LogP contribution >= 0.6 is 0 Å². The van der Waals surface area contributed by atoms with E-state index in [-0.39, 0.29) is 16.6 Å². The molecule has 0 bridgehead atoms. The van der Waals surface area contributed by atoms with E-state index in [1.807, 2.05) is 121 Å². The second-order valence-corrected chi connectivity index (χ2v) is 18.2. The average Bonchev–Trinajstić information content (AvgIpc) is 3.64. The zero-order valence-corrected chi connectivity index (χ0v) is 37.8. The van der Waals surface area contributed by atoms with Crippen molar-refractivity contribution in [3.8, 4) is 22.6 Å². The number of rotatable bonds is 10. The van der Waals surface area contributed by atoms with Crippen molar-refractivity contribution < 1.29 is 27.5 Å². The highest BCUT2D eigenvalue weighted by molar-refractivity contribution is 8.00. The molecular weight excluding hydrogens is 857 g/mol. The summed E-state index contributed by atoms with van der Waals surface area (Å²) in [6.07, 6.45) is 9.13. The van der Waals surface area contributed by atoms with Crippen LogP contribution in [0.3, 0.4) is 0 Å². The van der Waals surface area contributed by atoms with E-state index in [9.17, 15) is 18.0 Å². The topological polar surface area (TPSA) is 149 Å². The third kappa shape index (κ3) is 8.94. The molecule has 1 unspecified atom stereocenters. The van der Waals surface area contributed by atoms with Gasteiger partial charge in [0.25, 0.3) is 5.91 Å². The second-order valence-electron chi connectivity index (χ2n) is 16.2. The van der Waals surface area contributed by atoms with Gasteiger partial charge in [-0.15, -0.1) is 0 Å². The van der Waals surface area contributed by atoms with E-state index >= 15 is 0 Å². The van der Waals surface area contributed by atoms with Crippen LogP contribution in [0.1, 0.15) is 56.2 Å². The fourth-order valence-corrected chi connectivity index (χ4v) is 10.7. The monoisotopic (exact) mass is 904 g/mol. The number of methoxy groups -OCH3 is 2. The van der Waals surface area contributed by atoms with E-state index in [1.165, 1.54) is 20.3 Å². The van der Waals surface area contributed by atoms with Crippen molar-refractivity contribution in [3.05, 3.63) is 213 Å². The van der Waals surface area contributed by atoms with Crippen LogP contribution in [0.15, 0.2) is 174 Å². The lowest BCUT2D eigenvalue weighted by molar-refractivity contribution is 0.0979. The predicted molar refractivity (Wildman–Crippen MR) is 266 cm³/mol. The number of sulfone groups is 1. The fourth-order valence-electron chi connectivity index (χ4n) is 8.97. The normalized spacial score (nSPS) is 14.3. The highest BCUT2D eigenvalue weighted by Crippen LogP contribution is 2.36. The molecular formula is C56H48N4O6S. The van der Waals surface area contributed by atoms with Crippen LogP contribution in [-0.2, 0) is 22.8 Å². The molecule has 334 valence electrons. The first kappa shape index (κ1) is 44.3. The second kappa shape index (κ2) is 19.3. The number of nitrogens with one attached hydrogen (secondary N) is 2.